The number of fused-ring (bicyclic) bond motifs is 4. The number of hydrogen-bond donors (Lipinski definition) is 2. The lowest BCUT2D eigenvalue weighted by Gasteiger charge is -2.14. The molecule has 1 aliphatic rings. The first kappa shape index (κ1) is 19.0. The van der Waals surface area contributed by atoms with Crippen LogP contribution in [0.3, 0.4) is 0 Å². The zero-order chi connectivity index (χ0) is 21.0. The Kier molecular flexibility index (Phi) is 5.12. The molecule has 1 heterocycles. The standard InChI is InChI=1S/C26H21N3O2/c30-26(27-15-6-5-8-18-9-7-14-24-25(18)29-17-28-24)31-16-23-21-12-3-1-10-19(21)20-11-2-4-13-22(20)23/h1-4,7,9-14,17,23H,6,15-16H2,(H,27,30)(H,28,29). The number of carbonyl (C=O) groups is 1. The average Bonchev–Trinajstić information content (AvgIpc) is 3.41. The van der Waals surface area contributed by atoms with Gasteiger partial charge in [-0.3, -0.25) is 0 Å². The second-order valence-electron chi connectivity index (χ2n) is 7.41. The van der Waals surface area contributed by atoms with Crippen molar-refractivity contribution >= 4 is 17.1 Å². The summed E-state index contributed by atoms with van der Waals surface area (Å²) in [4.78, 5) is 19.6. The molecule has 1 amide bonds. The molecule has 1 aliphatic carbocycles. The van der Waals surface area contributed by atoms with Gasteiger partial charge >= 0.3 is 6.09 Å². The number of rotatable bonds is 4. The van der Waals surface area contributed by atoms with Gasteiger partial charge in [0, 0.05) is 18.9 Å². The van der Waals surface area contributed by atoms with Crippen LogP contribution < -0.4 is 5.32 Å². The van der Waals surface area contributed by atoms with Crippen LogP contribution in [0.1, 0.15) is 29.0 Å². The lowest BCUT2D eigenvalue weighted by Crippen LogP contribution is -2.26. The molecule has 0 saturated carbocycles. The van der Waals surface area contributed by atoms with Crippen LogP contribution >= 0.6 is 0 Å². The maximum Gasteiger partial charge on any atom is 0.407 e. The lowest BCUT2D eigenvalue weighted by atomic mass is 9.98. The Morgan fingerprint density at radius 1 is 1.00 bits per heavy atom. The molecular formula is C26H21N3O2. The minimum Gasteiger partial charge on any atom is -0.449 e. The number of H-pyrrole nitrogens is 1. The van der Waals surface area contributed by atoms with Gasteiger partial charge in [-0.2, -0.15) is 0 Å². The van der Waals surface area contributed by atoms with Gasteiger partial charge in [0.25, 0.3) is 0 Å². The van der Waals surface area contributed by atoms with Crippen molar-refractivity contribution in [3.8, 4) is 23.0 Å². The number of benzene rings is 3. The quantitative estimate of drug-likeness (QED) is 0.376. The van der Waals surface area contributed by atoms with Gasteiger partial charge in [0.05, 0.1) is 17.4 Å². The molecule has 4 aromatic rings. The maximum atomic E-state index is 12.2. The van der Waals surface area contributed by atoms with Crippen LogP contribution in [-0.2, 0) is 4.74 Å². The van der Waals surface area contributed by atoms with Crippen LogP contribution in [0, 0.1) is 11.8 Å². The summed E-state index contributed by atoms with van der Waals surface area (Å²) < 4.78 is 5.54. The molecule has 5 heteroatoms. The van der Waals surface area contributed by atoms with Crippen molar-refractivity contribution in [1.29, 1.82) is 0 Å². The summed E-state index contributed by atoms with van der Waals surface area (Å²) in [7, 11) is 0. The summed E-state index contributed by atoms with van der Waals surface area (Å²) in [6, 6.07) is 22.4. The number of aromatic amines is 1. The van der Waals surface area contributed by atoms with Crippen molar-refractivity contribution in [2.45, 2.75) is 12.3 Å². The number of nitrogens with zero attached hydrogens (tertiary/aromatic N) is 1. The minimum absolute atomic E-state index is 0.0623. The van der Waals surface area contributed by atoms with E-state index in [1.807, 2.05) is 42.5 Å². The number of aromatic nitrogens is 2. The van der Waals surface area contributed by atoms with Crippen LogP contribution in [-0.4, -0.2) is 29.2 Å². The molecule has 3 aromatic carbocycles. The first-order valence-corrected chi connectivity index (χ1v) is 10.3. The van der Waals surface area contributed by atoms with Gasteiger partial charge in [0.1, 0.15) is 12.1 Å². The molecule has 2 N–H and O–H groups in total. The highest BCUT2D eigenvalue weighted by Gasteiger charge is 2.28. The van der Waals surface area contributed by atoms with Crippen molar-refractivity contribution in [3.63, 3.8) is 0 Å². The molecule has 0 fully saturated rings. The van der Waals surface area contributed by atoms with E-state index in [0.29, 0.717) is 19.6 Å². The molecule has 1 aromatic heterocycles. The molecule has 31 heavy (non-hydrogen) atoms. The fourth-order valence-electron chi connectivity index (χ4n) is 4.10. The van der Waals surface area contributed by atoms with E-state index < -0.39 is 6.09 Å². The second kappa shape index (κ2) is 8.37. The number of carbonyl (C=O) groups excluding carboxylic acids is 1. The predicted octanol–water partition coefficient (Wildman–Crippen LogP) is 4.84. The van der Waals surface area contributed by atoms with E-state index in [2.05, 4.69) is 51.4 Å². The van der Waals surface area contributed by atoms with Crippen LogP contribution in [0.5, 0.6) is 0 Å². The molecule has 0 aliphatic heterocycles. The molecular weight excluding hydrogens is 386 g/mol. The summed E-state index contributed by atoms with van der Waals surface area (Å²) in [6.07, 6.45) is 1.78. The van der Waals surface area contributed by atoms with Crippen LogP contribution in [0.4, 0.5) is 4.79 Å². The second-order valence-corrected chi connectivity index (χ2v) is 7.41. The van der Waals surface area contributed by atoms with Crippen molar-refractivity contribution in [3.05, 3.63) is 89.7 Å². The first-order chi connectivity index (χ1) is 15.3. The number of hydrogen-bond acceptors (Lipinski definition) is 3. The van der Waals surface area contributed by atoms with Crippen molar-refractivity contribution in [2.75, 3.05) is 13.2 Å². The van der Waals surface area contributed by atoms with Gasteiger partial charge in [0.15, 0.2) is 0 Å². The lowest BCUT2D eigenvalue weighted by molar-refractivity contribution is 0.143. The Morgan fingerprint density at radius 2 is 1.74 bits per heavy atom. The Hall–Kier alpha value is -4.04. The van der Waals surface area contributed by atoms with Crippen molar-refractivity contribution in [1.82, 2.24) is 15.3 Å². The largest absolute Gasteiger partial charge is 0.449 e. The number of imidazole rings is 1. The fourth-order valence-corrected chi connectivity index (χ4v) is 4.10. The number of nitrogens with one attached hydrogen (secondary N) is 2. The molecule has 0 radical (unpaired) electrons. The smallest absolute Gasteiger partial charge is 0.407 e. The summed E-state index contributed by atoms with van der Waals surface area (Å²) in [6.45, 7) is 0.743. The zero-order valence-corrected chi connectivity index (χ0v) is 16.9. The third kappa shape index (κ3) is 3.76. The van der Waals surface area contributed by atoms with Crippen LogP contribution in [0.25, 0.3) is 22.2 Å². The van der Waals surface area contributed by atoms with E-state index in [1.54, 1.807) is 6.33 Å². The number of amides is 1. The summed E-state index contributed by atoms with van der Waals surface area (Å²) in [5.74, 6) is 6.27. The van der Waals surface area contributed by atoms with E-state index >= 15 is 0 Å². The van der Waals surface area contributed by atoms with Gasteiger partial charge in [-0.05, 0) is 34.4 Å². The monoisotopic (exact) mass is 407 g/mol. The Labute approximate surface area is 180 Å². The highest BCUT2D eigenvalue weighted by Crippen LogP contribution is 2.44. The third-order valence-corrected chi connectivity index (χ3v) is 5.54. The Bertz CT molecular complexity index is 1270. The van der Waals surface area contributed by atoms with E-state index in [0.717, 1.165) is 16.6 Å². The highest BCUT2D eigenvalue weighted by molar-refractivity contribution is 5.81. The molecule has 0 atom stereocenters. The van der Waals surface area contributed by atoms with Gasteiger partial charge in [-0.25, -0.2) is 9.78 Å². The number of ether oxygens (including phenoxy) is 1. The third-order valence-electron chi connectivity index (χ3n) is 5.54. The van der Waals surface area contributed by atoms with E-state index in [4.69, 9.17) is 4.74 Å². The Morgan fingerprint density at radius 3 is 2.52 bits per heavy atom. The molecule has 5 nitrogen and oxygen atoms in total. The molecule has 0 saturated heterocycles. The Balaban J connectivity index is 1.15. The van der Waals surface area contributed by atoms with Gasteiger partial charge in [-0.1, -0.05) is 66.4 Å². The molecule has 0 unspecified atom stereocenters. The van der Waals surface area contributed by atoms with E-state index in [9.17, 15) is 4.79 Å². The van der Waals surface area contributed by atoms with Crippen molar-refractivity contribution in [2.24, 2.45) is 0 Å². The highest BCUT2D eigenvalue weighted by atomic mass is 16.5. The minimum atomic E-state index is -0.418. The topological polar surface area (TPSA) is 67.0 Å². The normalized spacial score (nSPS) is 12.0. The maximum absolute atomic E-state index is 12.2. The summed E-state index contributed by atoms with van der Waals surface area (Å²) in [5.41, 5.74) is 7.54. The molecule has 5 rings (SSSR count). The average molecular weight is 407 g/mol. The SMILES string of the molecule is O=C(NCCC#Cc1cccc2[nH]cnc12)OCC1c2ccccc2-c2ccccc21. The fraction of sp³-hybridized carbons (Fsp3) is 0.154. The van der Waals surface area contributed by atoms with Crippen LogP contribution in [0.15, 0.2) is 73.1 Å². The van der Waals surface area contributed by atoms with E-state index in [1.165, 1.54) is 22.3 Å². The number of alkyl carbamates (subject to hydrolysis) is 1. The first-order valence-electron chi connectivity index (χ1n) is 10.3. The summed E-state index contributed by atoms with van der Waals surface area (Å²) in [5, 5.41) is 2.79. The predicted molar refractivity (Wildman–Crippen MR) is 121 cm³/mol. The molecule has 0 bridgehead atoms. The zero-order valence-electron chi connectivity index (χ0n) is 16.9. The summed E-state index contributed by atoms with van der Waals surface area (Å²) >= 11 is 0. The van der Waals surface area contributed by atoms with Gasteiger partial charge < -0.3 is 15.0 Å². The van der Waals surface area contributed by atoms with Crippen molar-refractivity contribution < 1.29 is 9.53 Å². The van der Waals surface area contributed by atoms with Gasteiger partial charge in [-0.15, -0.1) is 0 Å². The van der Waals surface area contributed by atoms with Gasteiger partial charge in [0.2, 0.25) is 0 Å². The van der Waals surface area contributed by atoms with Crippen LogP contribution in [0.2, 0.25) is 0 Å². The van der Waals surface area contributed by atoms with E-state index in [-0.39, 0.29) is 5.92 Å². The number of para-hydroxylation sites is 1. The molecule has 152 valence electrons. The molecule has 0 spiro atoms.